The van der Waals surface area contributed by atoms with Gasteiger partial charge in [0.25, 0.3) is 0 Å². The standard InChI is InChI=1S/C13H23N3O2/c1-16(13(18)12(17)15-5-4-14)8-11-7-9-2-3-10(11)6-9/h9-11H,2-8,14H2,1H3,(H,15,17). The van der Waals surface area contributed by atoms with E-state index < -0.39 is 11.8 Å². The Morgan fingerprint density at radius 1 is 1.33 bits per heavy atom. The first-order chi connectivity index (χ1) is 8.61. The van der Waals surface area contributed by atoms with Crippen molar-refractivity contribution in [3.63, 3.8) is 0 Å². The largest absolute Gasteiger partial charge is 0.347 e. The highest BCUT2D eigenvalue weighted by atomic mass is 16.2. The summed E-state index contributed by atoms with van der Waals surface area (Å²) in [6, 6.07) is 0. The average Bonchev–Trinajstić information content (AvgIpc) is 2.97. The van der Waals surface area contributed by atoms with Gasteiger partial charge in [-0.2, -0.15) is 0 Å². The lowest BCUT2D eigenvalue weighted by molar-refractivity contribution is -0.145. The van der Waals surface area contributed by atoms with Crippen molar-refractivity contribution in [1.29, 1.82) is 0 Å². The number of hydrogen-bond acceptors (Lipinski definition) is 3. The summed E-state index contributed by atoms with van der Waals surface area (Å²) < 4.78 is 0. The first-order valence-electron chi connectivity index (χ1n) is 6.85. The molecule has 3 N–H and O–H groups in total. The lowest BCUT2D eigenvalue weighted by Gasteiger charge is -2.26. The average molecular weight is 253 g/mol. The molecule has 3 unspecified atom stereocenters. The Morgan fingerprint density at radius 3 is 2.67 bits per heavy atom. The molecule has 2 rings (SSSR count). The van der Waals surface area contributed by atoms with Gasteiger partial charge >= 0.3 is 11.8 Å². The van der Waals surface area contributed by atoms with Crippen LogP contribution in [0.1, 0.15) is 25.7 Å². The van der Waals surface area contributed by atoms with Crippen molar-refractivity contribution in [3.05, 3.63) is 0 Å². The molecule has 0 saturated heterocycles. The van der Waals surface area contributed by atoms with Crippen molar-refractivity contribution in [2.75, 3.05) is 26.7 Å². The monoisotopic (exact) mass is 253 g/mol. The number of nitrogens with zero attached hydrogens (tertiary/aromatic N) is 1. The van der Waals surface area contributed by atoms with Gasteiger partial charge in [0.2, 0.25) is 0 Å². The Kier molecular flexibility index (Phi) is 4.22. The number of hydrogen-bond donors (Lipinski definition) is 2. The number of rotatable bonds is 4. The normalized spacial score (nSPS) is 29.3. The Bertz CT molecular complexity index is 332. The molecule has 5 nitrogen and oxygen atoms in total. The molecule has 102 valence electrons. The topological polar surface area (TPSA) is 75.4 Å². The molecule has 2 bridgehead atoms. The van der Waals surface area contributed by atoms with Gasteiger partial charge in [-0.3, -0.25) is 9.59 Å². The van der Waals surface area contributed by atoms with Crippen LogP contribution in [0.5, 0.6) is 0 Å². The molecule has 0 aromatic rings. The van der Waals surface area contributed by atoms with Gasteiger partial charge < -0.3 is 16.0 Å². The molecule has 0 aromatic heterocycles. The molecular weight excluding hydrogens is 230 g/mol. The maximum atomic E-state index is 11.8. The molecule has 18 heavy (non-hydrogen) atoms. The number of fused-ring (bicyclic) bond motifs is 2. The Balaban J connectivity index is 1.78. The zero-order valence-corrected chi connectivity index (χ0v) is 11.0. The van der Waals surface area contributed by atoms with Crippen molar-refractivity contribution >= 4 is 11.8 Å². The second kappa shape index (κ2) is 5.69. The van der Waals surface area contributed by atoms with E-state index in [0.717, 1.165) is 18.4 Å². The zero-order chi connectivity index (χ0) is 13.1. The number of amides is 2. The van der Waals surface area contributed by atoms with Gasteiger partial charge in [0.05, 0.1) is 0 Å². The second-order valence-corrected chi connectivity index (χ2v) is 5.67. The lowest BCUT2D eigenvalue weighted by atomic mass is 9.88. The molecule has 2 amide bonds. The second-order valence-electron chi connectivity index (χ2n) is 5.67. The summed E-state index contributed by atoms with van der Waals surface area (Å²) in [5.41, 5.74) is 5.29. The van der Waals surface area contributed by atoms with Crippen LogP contribution in [0.15, 0.2) is 0 Å². The van der Waals surface area contributed by atoms with Crippen LogP contribution in [0.25, 0.3) is 0 Å². The number of likely N-dealkylation sites (N-methyl/N-ethyl adjacent to an activating group) is 1. The number of nitrogens with one attached hydrogen (secondary N) is 1. The quantitative estimate of drug-likeness (QED) is 0.690. The Morgan fingerprint density at radius 2 is 2.11 bits per heavy atom. The van der Waals surface area contributed by atoms with Gasteiger partial charge in [-0.25, -0.2) is 0 Å². The fourth-order valence-corrected chi connectivity index (χ4v) is 3.47. The van der Waals surface area contributed by atoms with Gasteiger partial charge in [0.15, 0.2) is 0 Å². The molecule has 0 spiro atoms. The van der Waals surface area contributed by atoms with E-state index in [1.54, 1.807) is 11.9 Å². The van der Waals surface area contributed by atoms with Crippen LogP contribution >= 0.6 is 0 Å². The lowest BCUT2D eigenvalue weighted by Crippen LogP contribution is -2.44. The minimum Gasteiger partial charge on any atom is -0.347 e. The maximum Gasteiger partial charge on any atom is 0.311 e. The molecule has 0 aromatic carbocycles. The van der Waals surface area contributed by atoms with Gasteiger partial charge in [0.1, 0.15) is 0 Å². The van der Waals surface area contributed by atoms with Gasteiger partial charge in [-0.05, 0) is 37.0 Å². The molecule has 2 saturated carbocycles. The van der Waals surface area contributed by atoms with Crippen LogP contribution in [-0.4, -0.2) is 43.4 Å². The van der Waals surface area contributed by atoms with Crippen LogP contribution in [0, 0.1) is 17.8 Å². The summed E-state index contributed by atoms with van der Waals surface area (Å²) in [6.45, 7) is 1.43. The van der Waals surface area contributed by atoms with Crippen molar-refractivity contribution in [2.45, 2.75) is 25.7 Å². The predicted molar refractivity (Wildman–Crippen MR) is 68.6 cm³/mol. The van der Waals surface area contributed by atoms with Gasteiger partial charge in [-0.1, -0.05) is 6.42 Å². The Hall–Kier alpha value is -1.10. The van der Waals surface area contributed by atoms with Crippen LogP contribution in [-0.2, 0) is 9.59 Å². The summed E-state index contributed by atoms with van der Waals surface area (Å²) in [6.07, 6.45) is 5.21. The van der Waals surface area contributed by atoms with E-state index in [0.29, 0.717) is 19.0 Å². The summed E-state index contributed by atoms with van der Waals surface area (Å²) >= 11 is 0. The Labute approximate surface area is 108 Å². The smallest absolute Gasteiger partial charge is 0.311 e. The summed E-state index contributed by atoms with van der Waals surface area (Å²) in [5, 5.41) is 2.52. The third kappa shape index (κ3) is 2.83. The molecule has 3 atom stereocenters. The van der Waals surface area contributed by atoms with E-state index in [9.17, 15) is 9.59 Å². The molecular formula is C13H23N3O2. The first-order valence-corrected chi connectivity index (χ1v) is 6.85. The minimum absolute atomic E-state index is 0.354. The van der Waals surface area contributed by atoms with Crippen molar-refractivity contribution in [1.82, 2.24) is 10.2 Å². The first kappa shape index (κ1) is 13.3. The zero-order valence-electron chi connectivity index (χ0n) is 11.0. The minimum atomic E-state index is -0.536. The van der Waals surface area contributed by atoms with E-state index >= 15 is 0 Å². The number of nitrogens with two attached hydrogens (primary N) is 1. The highest BCUT2D eigenvalue weighted by Gasteiger charge is 2.40. The summed E-state index contributed by atoms with van der Waals surface area (Å²) in [4.78, 5) is 24.9. The molecule has 5 heteroatoms. The van der Waals surface area contributed by atoms with Gasteiger partial charge in [0, 0.05) is 26.7 Å². The van der Waals surface area contributed by atoms with Crippen molar-refractivity contribution in [2.24, 2.45) is 23.5 Å². The fraction of sp³-hybridized carbons (Fsp3) is 0.846. The van der Waals surface area contributed by atoms with E-state index in [1.165, 1.54) is 25.7 Å². The highest BCUT2D eigenvalue weighted by molar-refractivity contribution is 6.34. The van der Waals surface area contributed by atoms with E-state index in [-0.39, 0.29) is 0 Å². The highest BCUT2D eigenvalue weighted by Crippen LogP contribution is 2.48. The number of carbonyl (C=O) groups excluding carboxylic acids is 2. The van der Waals surface area contributed by atoms with Crippen molar-refractivity contribution < 1.29 is 9.59 Å². The van der Waals surface area contributed by atoms with Crippen LogP contribution in [0.3, 0.4) is 0 Å². The fourth-order valence-electron chi connectivity index (χ4n) is 3.47. The van der Waals surface area contributed by atoms with Crippen LogP contribution in [0.2, 0.25) is 0 Å². The molecule has 0 aliphatic heterocycles. The molecule has 2 aliphatic carbocycles. The summed E-state index contributed by atoms with van der Waals surface area (Å²) in [5.74, 6) is 1.27. The van der Waals surface area contributed by atoms with Gasteiger partial charge in [-0.15, -0.1) is 0 Å². The molecule has 0 heterocycles. The van der Waals surface area contributed by atoms with E-state index in [1.807, 2.05) is 0 Å². The third-order valence-corrected chi connectivity index (χ3v) is 4.36. The number of carbonyl (C=O) groups is 2. The van der Waals surface area contributed by atoms with Crippen molar-refractivity contribution in [3.8, 4) is 0 Å². The third-order valence-electron chi connectivity index (χ3n) is 4.36. The molecule has 0 radical (unpaired) electrons. The van der Waals surface area contributed by atoms with E-state index in [2.05, 4.69) is 5.32 Å². The summed E-state index contributed by atoms with van der Waals surface area (Å²) in [7, 11) is 1.72. The van der Waals surface area contributed by atoms with Crippen LogP contribution < -0.4 is 11.1 Å². The molecule has 2 fully saturated rings. The van der Waals surface area contributed by atoms with Crippen LogP contribution in [0.4, 0.5) is 0 Å². The maximum absolute atomic E-state index is 11.8. The molecule has 2 aliphatic rings. The predicted octanol–water partition coefficient (Wildman–Crippen LogP) is -0.0441. The SMILES string of the molecule is CN(CC1CC2CCC1C2)C(=O)C(=O)NCCN. The van der Waals surface area contributed by atoms with E-state index in [4.69, 9.17) is 5.73 Å².